The van der Waals surface area contributed by atoms with Gasteiger partial charge in [0.1, 0.15) is 5.54 Å². The van der Waals surface area contributed by atoms with Crippen LogP contribution in [0.25, 0.3) is 0 Å². The Hall–Kier alpha value is -2.74. The number of benzene rings is 2. The van der Waals surface area contributed by atoms with E-state index in [-0.39, 0.29) is 12.5 Å². The van der Waals surface area contributed by atoms with Crippen molar-refractivity contribution in [3.8, 4) is 0 Å². The molecule has 3 heterocycles. The zero-order valence-electron chi connectivity index (χ0n) is 17.8. The number of aliphatic hydroxyl groups excluding tert-OH is 1. The summed E-state index contributed by atoms with van der Waals surface area (Å²) in [5.41, 5.74) is 1.39. The summed E-state index contributed by atoms with van der Waals surface area (Å²) in [5, 5.41) is 16.9. The third-order valence-electron chi connectivity index (χ3n) is 6.93. The molecule has 2 aromatic rings. The van der Waals surface area contributed by atoms with E-state index in [1.807, 2.05) is 43.3 Å². The number of nitrogens with zero attached hydrogens (tertiary/aromatic N) is 1. The molecule has 2 saturated heterocycles. The zero-order valence-corrected chi connectivity index (χ0v) is 18.5. The van der Waals surface area contributed by atoms with E-state index in [1.54, 1.807) is 13.0 Å². The van der Waals surface area contributed by atoms with Crippen LogP contribution in [0.5, 0.6) is 0 Å². The van der Waals surface area contributed by atoms with Gasteiger partial charge in [0.25, 0.3) is 0 Å². The van der Waals surface area contributed by atoms with Crippen molar-refractivity contribution >= 4 is 35.0 Å². The molecule has 0 aromatic heterocycles. The van der Waals surface area contributed by atoms with Crippen molar-refractivity contribution in [3.63, 3.8) is 0 Å². The Morgan fingerprint density at radius 1 is 1.16 bits per heavy atom. The number of hydrogen-bond donors (Lipinski definition) is 3. The molecule has 2 aromatic carbocycles. The maximum Gasteiger partial charge on any atom is 0.250 e. The lowest BCUT2D eigenvalue weighted by molar-refractivity contribution is -0.143. The van der Waals surface area contributed by atoms with Crippen LogP contribution in [-0.4, -0.2) is 46.4 Å². The molecule has 5 atom stereocenters. The summed E-state index contributed by atoms with van der Waals surface area (Å²) in [6.07, 6.45) is -0.421. The van der Waals surface area contributed by atoms with Gasteiger partial charge >= 0.3 is 0 Å². The van der Waals surface area contributed by atoms with E-state index >= 15 is 0 Å². The highest BCUT2D eigenvalue weighted by Gasteiger charge is 2.71. The number of aliphatic hydroxyl groups is 1. The van der Waals surface area contributed by atoms with Gasteiger partial charge in [-0.2, -0.15) is 0 Å². The zero-order chi connectivity index (χ0) is 22.8. The highest BCUT2D eigenvalue weighted by Crippen LogP contribution is 2.54. The molecule has 3 N–H and O–H groups in total. The van der Waals surface area contributed by atoms with Crippen molar-refractivity contribution in [2.45, 2.75) is 38.0 Å². The molecular formula is C24H24ClN3O4. The van der Waals surface area contributed by atoms with Crippen LogP contribution >= 0.6 is 11.6 Å². The number of hydrogen-bond acceptors (Lipinski definition) is 5. The molecule has 166 valence electrons. The Balaban J connectivity index is 1.58. The van der Waals surface area contributed by atoms with Crippen LogP contribution in [0.15, 0.2) is 42.5 Å². The molecule has 32 heavy (non-hydrogen) atoms. The minimum absolute atomic E-state index is 0.223. The number of fused-ring (bicyclic) bond motifs is 4. The average Bonchev–Trinajstić information content (AvgIpc) is 3.34. The summed E-state index contributed by atoms with van der Waals surface area (Å²) in [6, 6.07) is 12.4. The first-order valence-corrected chi connectivity index (χ1v) is 11.1. The first-order valence-electron chi connectivity index (χ1n) is 10.7. The Labute approximate surface area is 190 Å². The number of aryl methyl sites for hydroxylation is 1. The van der Waals surface area contributed by atoms with Gasteiger partial charge in [0.05, 0.1) is 28.6 Å². The van der Waals surface area contributed by atoms with E-state index in [0.717, 1.165) is 11.1 Å². The highest BCUT2D eigenvalue weighted by molar-refractivity contribution is 6.35. The van der Waals surface area contributed by atoms with Crippen molar-refractivity contribution in [3.05, 3.63) is 64.2 Å². The highest BCUT2D eigenvalue weighted by atomic mass is 35.5. The van der Waals surface area contributed by atoms with Gasteiger partial charge in [-0.25, -0.2) is 0 Å². The second kappa shape index (κ2) is 7.40. The quantitative estimate of drug-likeness (QED) is 0.615. The van der Waals surface area contributed by atoms with Gasteiger partial charge in [-0.05, 0) is 37.5 Å². The molecule has 0 bridgehead atoms. The summed E-state index contributed by atoms with van der Waals surface area (Å²) in [7, 11) is 0. The number of likely N-dealkylation sites (tertiary alicyclic amines) is 1. The molecule has 3 amide bonds. The van der Waals surface area contributed by atoms with E-state index < -0.39 is 41.3 Å². The third kappa shape index (κ3) is 2.85. The topological polar surface area (TPSA) is 98.7 Å². The Morgan fingerprint density at radius 3 is 2.56 bits per heavy atom. The standard InChI is InChI=1S/C24H24ClN3O4/c1-12-10-15-20(16(25)11-12)26-23(32)24(15)18-17(19(27-24)13(2)29)21(30)28(22(18)31)9-8-14-6-4-3-5-7-14/h3-7,10-11,13,17-19,27,29H,8-9H2,1-2H3,(H,26,32)/t13?,17-,18-,19?,24?/m0/s1. The number of amides is 3. The fourth-order valence-electron chi connectivity index (χ4n) is 5.50. The van der Waals surface area contributed by atoms with Gasteiger partial charge in [0.2, 0.25) is 17.7 Å². The van der Waals surface area contributed by atoms with E-state index in [2.05, 4.69) is 10.6 Å². The van der Waals surface area contributed by atoms with Crippen LogP contribution in [0.4, 0.5) is 5.69 Å². The normalized spacial score (nSPS) is 29.4. The van der Waals surface area contributed by atoms with Gasteiger partial charge in [0, 0.05) is 18.2 Å². The lowest BCUT2D eigenvalue weighted by Crippen LogP contribution is -2.55. The summed E-state index contributed by atoms with van der Waals surface area (Å²) >= 11 is 6.40. The van der Waals surface area contributed by atoms with Crippen molar-refractivity contribution in [1.82, 2.24) is 10.2 Å². The number of carbonyl (C=O) groups is 3. The van der Waals surface area contributed by atoms with Crippen LogP contribution < -0.4 is 10.6 Å². The SMILES string of the molecule is Cc1cc(Cl)c2c(c1)C1(NC(C(C)O)[C@H]3C(=O)N(CCc4ccccc4)C(=O)[C@H]31)C(=O)N2. The summed E-state index contributed by atoms with van der Waals surface area (Å²) in [5.74, 6) is -2.97. The predicted molar refractivity (Wildman–Crippen MR) is 119 cm³/mol. The molecule has 0 saturated carbocycles. The Kier molecular flexibility index (Phi) is 4.89. The molecule has 3 aliphatic rings. The van der Waals surface area contributed by atoms with Crippen molar-refractivity contribution in [2.75, 3.05) is 11.9 Å². The van der Waals surface area contributed by atoms with Crippen molar-refractivity contribution in [2.24, 2.45) is 11.8 Å². The van der Waals surface area contributed by atoms with Gasteiger partial charge in [-0.15, -0.1) is 0 Å². The van der Waals surface area contributed by atoms with E-state index in [0.29, 0.717) is 22.7 Å². The third-order valence-corrected chi connectivity index (χ3v) is 7.23. The van der Waals surface area contributed by atoms with Crippen LogP contribution in [0.2, 0.25) is 5.02 Å². The number of imide groups is 1. The van der Waals surface area contributed by atoms with Gasteiger partial charge in [-0.1, -0.05) is 48.0 Å². The molecular weight excluding hydrogens is 430 g/mol. The van der Waals surface area contributed by atoms with Crippen LogP contribution in [0, 0.1) is 18.8 Å². The van der Waals surface area contributed by atoms with E-state index in [9.17, 15) is 19.5 Å². The van der Waals surface area contributed by atoms with E-state index in [4.69, 9.17) is 11.6 Å². The van der Waals surface area contributed by atoms with Gasteiger partial charge in [-0.3, -0.25) is 24.6 Å². The monoisotopic (exact) mass is 453 g/mol. The Morgan fingerprint density at radius 2 is 1.88 bits per heavy atom. The first-order chi connectivity index (χ1) is 15.3. The van der Waals surface area contributed by atoms with Crippen LogP contribution in [-0.2, 0) is 26.3 Å². The molecule has 3 aliphatic heterocycles. The number of halogens is 1. The number of anilines is 1. The molecule has 5 rings (SSSR count). The molecule has 0 radical (unpaired) electrons. The summed E-state index contributed by atoms with van der Waals surface area (Å²) in [6.45, 7) is 3.64. The molecule has 1 spiro atoms. The first kappa shape index (κ1) is 21.1. The minimum Gasteiger partial charge on any atom is -0.392 e. The number of rotatable bonds is 4. The lowest BCUT2D eigenvalue weighted by atomic mass is 9.76. The van der Waals surface area contributed by atoms with Crippen molar-refractivity contribution in [1.29, 1.82) is 0 Å². The maximum atomic E-state index is 13.6. The molecule has 2 fully saturated rings. The second-order valence-corrected chi connectivity index (χ2v) is 9.32. The molecule has 3 unspecified atom stereocenters. The van der Waals surface area contributed by atoms with E-state index in [1.165, 1.54) is 4.90 Å². The summed E-state index contributed by atoms with van der Waals surface area (Å²) in [4.78, 5) is 41.7. The smallest absolute Gasteiger partial charge is 0.250 e. The molecule has 0 aliphatic carbocycles. The number of nitrogens with one attached hydrogen (secondary N) is 2. The summed E-state index contributed by atoms with van der Waals surface area (Å²) < 4.78 is 0. The minimum atomic E-state index is -1.45. The molecule has 8 heteroatoms. The fraction of sp³-hybridized carbons (Fsp3) is 0.375. The van der Waals surface area contributed by atoms with Gasteiger partial charge < -0.3 is 10.4 Å². The largest absolute Gasteiger partial charge is 0.392 e. The predicted octanol–water partition coefficient (Wildman–Crippen LogP) is 1.99. The molecule has 7 nitrogen and oxygen atoms in total. The Bertz CT molecular complexity index is 1140. The van der Waals surface area contributed by atoms with Crippen molar-refractivity contribution < 1.29 is 19.5 Å². The lowest BCUT2D eigenvalue weighted by Gasteiger charge is -2.30. The maximum absolute atomic E-state index is 13.6. The number of carbonyl (C=O) groups excluding carboxylic acids is 3. The second-order valence-electron chi connectivity index (χ2n) is 8.91. The average molecular weight is 454 g/mol. The fourth-order valence-corrected chi connectivity index (χ4v) is 5.83. The van der Waals surface area contributed by atoms with Gasteiger partial charge in [0.15, 0.2) is 0 Å². The van der Waals surface area contributed by atoms with Crippen LogP contribution in [0.1, 0.15) is 23.6 Å². The van der Waals surface area contributed by atoms with Crippen LogP contribution in [0.3, 0.4) is 0 Å².